The molecule has 8 heteroatoms. The Bertz CT molecular complexity index is 1060. The first kappa shape index (κ1) is 16.4. The predicted octanol–water partition coefficient (Wildman–Crippen LogP) is 1.53. The van der Waals surface area contributed by atoms with Gasteiger partial charge in [-0.05, 0) is 44.2 Å². The number of fused-ring (bicyclic) bond motifs is 2. The summed E-state index contributed by atoms with van der Waals surface area (Å²) in [5.41, 5.74) is 3.94. The fraction of sp³-hybridized carbons (Fsp3) is 0.474. The van der Waals surface area contributed by atoms with Gasteiger partial charge in [-0.3, -0.25) is 4.79 Å². The number of rotatable bonds is 3. The van der Waals surface area contributed by atoms with Crippen molar-refractivity contribution in [2.45, 2.75) is 44.7 Å². The maximum absolute atomic E-state index is 12.7. The van der Waals surface area contributed by atoms with Gasteiger partial charge in [-0.2, -0.15) is 10.2 Å². The van der Waals surface area contributed by atoms with Crippen molar-refractivity contribution in [1.82, 2.24) is 24.4 Å². The molecule has 8 nitrogen and oxygen atoms in total. The molecule has 140 valence electrons. The second kappa shape index (κ2) is 6.45. The summed E-state index contributed by atoms with van der Waals surface area (Å²) in [4.78, 5) is 17.1. The first-order chi connectivity index (χ1) is 13.2. The third-order valence-electron chi connectivity index (χ3n) is 5.43. The Labute approximate surface area is 156 Å². The Kier molecular flexibility index (Phi) is 3.93. The van der Waals surface area contributed by atoms with Crippen LogP contribution in [0.1, 0.15) is 35.8 Å². The molecule has 1 fully saturated rings. The number of hydrogen-bond donors (Lipinski definition) is 1. The van der Waals surface area contributed by atoms with Crippen molar-refractivity contribution in [3.63, 3.8) is 0 Å². The molecular formula is C19H22N6O2. The van der Waals surface area contributed by atoms with E-state index in [4.69, 9.17) is 9.84 Å². The van der Waals surface area contributed by atoms with E-state index in [-0.39, 0.29) is 17.6 Å². The molecule has 1 aliphatic carbocycles. The molecule has 3 aromatic heterocycles. The summed E-state index contributed by atoms with van der Waals surface area (Å²) in [6.45, 7) is 2.92. The van der Waals surface area contributed by atoms with Gasteiger partial charge in [-0.1, -0.05) is 0 Å². The first-order valence-corrected chi connectivity index (χ1v) is 9.46. The van der Waals surface area contributed by atoms with Crippen LogP contribution in [0.3, 0.4) is 0 Å². The molecule has 0 saturated carbocycles. The van der Waals surface area contributed by atoms with Crippen LogP contribution >= 0.6 is 0 Å². The van der Waals surface area contributed by atoms with E-state index in [1.54, 1.807) is 21.5 Å². The quantitative estimate of drug-likeness (QED) is 0.756. The van der Waals surface area contributed by atoms with Crippen molar-refractivity contribution >= 4 is 11.3 Å². The smallest absolute Gasteiger partial charge is 0.267 e. The molecule has 0 radical (unpaired) electrons. The van der Waals surface area contributed by atoms with Crippen molar-refractivity contribution in [3.05, 3.63) is 51.8 Å². The average molecular weight is 366 g/mol. The van der Waals surface area contributed by atoms with Gasteiger partial charge in [0.2, 0.25) is 0 Å². The van der Waals surface area contributed by atoms with Crippen molar-refractivity contribution in [2.75, 3.05) is 18.5 Å². The van der Waals surface area contributed by atoms with Gasteiger partial charge >= 0.3 is 0 Å². The topological polar surface area (TPSA) is 86.3 Å². The van der Waals surface area contributed by atoms with E-state index in [0.29, 0.717) is 13.2 Å². The normalized spacial score (nSPS) is 22.1. The molecule has 4 heterocycles. The fourth-order valence-corrected chi connectivity index (χ4v) is 4.07. The van der Waals surface area contributed by atoms with E-state index in [0.717, 1.165) is 54.0 Å². The first-order valence-electron chi connectivity index (χ1n) is 9.46. The number of aromatic nitrogens is 5. The number of aryl methyl sites for hydroxylation is 3. The highest BCUT2D eigenvalue weighted by molar-refractivity contribution is 5.68. The van der Waals surface area contributed by atoms with Crippen LogP contribution in [-0.2, 0) is 17.6 Å². The lowest BCUT2D eigenvalue weighted by molar-refractivity contribution is 0.182. The molecule has 0 amide bonds. The number of anilines is 1. The molecule has 27 heavy (non-hydrogen) atoms. The van der Waals surface area contributed by atoms with Crippen LogP contribution in [0.25, 0.3) is 5.52 Å². The molecular weight excluding hydrogens is 344 g/mol. The van der Waals surface area contributed by atoms with Gasteiger partial charge in [0, 0.05) is 18.5 Å². The van der Waals surface area contributed by atoms with Gasteiger partial charge in [-0.15, -0.1) is 0 Å². The summed E-state index contributed by atoms with van der Waals surface area (Å²) < 4.78 is 9.11. The Balaban J connectivity index is 1.48. The minimum atomic E-state index is -0.157. The lowest BCUT2D eigenvalue weighted by Gasteiger charge is -2.23. The molecule has 1 aliphatic heterocycles. The summed E-state index contributed by atoms with van der Waals surface area (Å²) in [5.74, 6) is 0.740. The summed E-state index contributed by atoms with van der Waals surface area (Å²) >= 11 is 0. The molecule has 5 rings (SSSR count). The summed E-state index contributed by atoms with van der Waals surface area (Å²) in [6, 6.07) is 3.51. The zero-order valence-corrected chi connectivity index (χ0v) is 15.3. The standard InChI is InChI=1S/C19H22N6O2/c1-12-8-16-19(20-6-7-24(16)22-12)21-15-10-27-11-17(15)25-18(26)9-13-4-2-3-5-14(13)23-25/h6-9,15,17H,2-5,10-11H2,1H3,(H,20,21). The number of ether oxygens (including phenoxy) is 1. The van der Waals surface area contributed by atoms with Crippen LogP contribution in [0.2, 0.25) is 0 Å². The highest BCUT2D eigenvalue weighted by atomic mass is 16.5. The molecule has 2 unspecified atom stereocenters. The number of hydrogen-bond acceptors (Lipinski definition) is 6. The highest BCUT2D eigenvalue weighted by Crippen LogP contribution is 2.25. The van der Waals surface area contributed by atoms with Gasteiger partial charge < -0.3 is 10.1 Å². The maximum Gasteiger partial charge on any atom is 0.267 e. The number of nitrogens with one attached hydrogen (secondary N) is 1. The van der Waals surface area contributed by atoms with E-state index < -0.39 is 0 Å². The average Bonchev–Trinajstić information content (AvgIpc) is 3.27. The summed E-state index contributed by atoms with van der Waals surface area (Å²) in [6.07, 6.45) is 7.70. The molecule has 1 N–H and O–H groups in total. The highest BCUT2D eigenvalue weighted by Gasteiger charge is 2.32. The zero-order chi connectivity index (χ0) is 18.4. The summed E-state index contributed by atoms with van der Waals surface area (Å²) in [5, 5.41) is 12.6. The minimum Gasteiger partial charge on any atom is -0.377 e. The van der Waals surface area contributed by atoms with E-state index >= 15 is 0 Å². The zero-order valence-electron chi connectivity index (χ0n) is 15.3. The van der Waals surface area contributed by atoms with Crippen LogP contribution in [0.4, 0.5) is 5.82 Å². The van der Waals surface area contributed by atoms with Crippen LogP contribution < -0.4 is 10.9 Å². The third kappa shape index (κ3) is 2.90. The molecule has 2 aliphatic rings. The van der Waals surface area contributed by atoms with E-state index in [1.807, 2.05) is 19.2 Å². The molecule has 0 aromatic carbocycles. The Hall–Kier alpha value is -2.74. The van der Waals surface area contributed by atoms with Crippen LogP contribution in [0.5, 0.6) is 0 Å². The van der Waals surface area contributed by atoms with Crippen molar-refractivity contribution in [3.8, 4) is 0 Å². The predicted molar refractivity (Wildman–Crippen MR) is 100 cm³/mol. The van der Waals surface area contributed by atoms with Crippen LogP contribution in [-0.4, -0.2) is 43.6 Å². The maximum atomic E-state index is 12.7. The van der Waals surface area contributed by atoms with Gasteiger partial charge in [0.25, 0.3) is 5.56 Å². The van der Waals surface area contributed by atoms with E-state index in [9.17, 15) is 4.79 Å². The molecule has 2 atom stereocenters. The molecule has 3 aromatic rings. The monoisotopic (exact) mass is 366 g/mol. The molecule has 0 bridgehead atoms. The van der Waals surface area contributed by atoms with Gasteiger partial charge in [0.1, 0.15) is 11.6 Å². The SMILES string of the molecule is Cc1cc2c(NC3COCC3n3nc4c(cc3=O)CCCC4)nccn2n1. The van der Waals surface area contributed by atoms with Gasteiger partial charge in [-0.25, -0.2) is 14.2 Å². The Morgan fingerprint density at radius 2 is 2.07 bits per heavy atom. The third-order valence-corrected chi connectivity index (χ3v) is 5.43. The van der Waals surface area contributed by atoms with Crippen molar-refractivity contribution < 1.29 is 4.74 Å². The van der Waals surface area contributed by atoms with Crippen LogP contribution in [0.15, 0.2) is 29.3 Å². The Morgan fingerprint density at radius 1 is 1.19 bits per heavy atom. The second-order valence-electron chi connectivity index (χ2n) is 7.35. The van der Waals surface area contributed by atoms with E-state index in [1.165, 1.54) is 0 Å². The van der Waals surface area contributed by atoms with Gasteiger partial charge in [0.05, 0.1) is 30.6 Å². The fourth-order valence-electron chi connectivity index (χ4n) is 4.07. The Morgan fingerprint density at radius 3 is 3.00 bits per heavy atom. The van der Waals surface area contributed by atoms with Crippen LogP contribution in [0, 0.1) is 6.92 Å². The lowest BCUT2D eigenvalue weighted by atomic mass is 9.97. The van der Waals surface area contributed by atoms with E-state index in [2.05, 4.69) is 15.4 Å². The lowest BCUT2D eigenvalue weighted by Crippen LogP contribution is -2.38. The van der Waals surface area contributed by atoms with Gasteiger partial charge in [0.15, 0.2) is 5.82 Å². The number of nitrogens with zero attached hydrogens (tertiary/aromatic N) is 5. The summed E-state index contributed by atoms with van der Waals surface area (Å²) in [7, 11) is 0. The second-order valence-corrected chi connectivity index (χ2v) is 7.35. The minimum absolute atomic E-state index is 0.0516. The molecule has 0 spiro atoms. The molecule has 1 saturated heterocycles. The van der Waals surface area contributed by atoms with Crippen molar-refractivity contribution in [2.24, 2.45) is 0 Å². The van der Waals surface area contributed by atoms with Crippen molar-refractivity contribution in [1.29, 1.82) is 0 Å². The largest absolute Gasteiger partial charge is 0.377 e.